The molecule has 2 aromatic carbocycles. The van der Waals surface area contributed by atoms with Crippen molar-refractivity contribution in [2.24, 2.45) is 0 Å². The summed E-state index contributed by atoms with van der Waals surface area (Å²) < 4.78 is 0. The van der Waals surface area contributed by atoms with Gasteiger partial charge in [0.2, 0.25) is 0 Å². The lowest BCUT2D eigenvalue weighted by atomic mass is 10.1. The van der Waals surface area contributed by atoms with Crippen molar-refractivity contribution in [1.29, 1.82) is 0 Å². The molecule has 1 heterocycles. The molecule has 106 valence electrons. The van der Waals surface area contributed by atoms with Gasteiger partial charge in [0.05, 0.1) is 23.1 Å². The van der Waals surface area contributed by atoms with Crippen LogP contribution in [0, 0.1) is 13.8 Å². The quantitative estimate of drug-likeness (QED) is 0.763. The molecule has 1 aromatic heterocycles. The second-order valence-corrected chi connectivity index (χ2v) is 5.43. The molecule has 0 aliphatic rings. The number of nitrogens with zero attached hydrogens (tertiary/aromatic N) is 2. The lowest BCUT2D eigenvalue weighted by Gasteiger charge is -2.24. The Balaban J connectivity index is 2.21. The Bertz CT molecular complexity index is 809. The van der Waals surface area contributed by atoms with Crippen LogP contribution in [0.25, 0.3) is 10.9 Å². The number of anilines is 3. The molecule has 3 nitrogen and oxygen atoms in total. The number of aryl methyl sites for hydroxylation is 2. The van der Waals surface area contributed by atoms with Gasteiger partial charge < -0.3 is 10.6 Å². The SMILES string of the molecule is Cc1ccc(N(C)c2c(N)cnc3ccccc23)c(C)c1. The monoisotopic (exact) mass is 277 g/mol. The average molecular weight is 277 g/mol. The van der Waals surface area contributed by atoms with Crippen LogP contribution < -0.4 is 10.6 Å². The molecule has 0 spiro atoms. The maximum absolute atomic E-state index is 6.20. The van der Waals surface area contributed by atoms with Gasteiger partial charge in [0, 0.05) is 18.1 Å². The number of fused-ring (bicyclic) bond motifs is 1. The second kappa shape index (κ2) is 5.09. The summed E-state index contributed by atoms with van der Waals surface area (Å²) in [5.74, 6) is 0. The van der Waals surface area contributed by atoms with Gasteiger partial charge in [-0.1, -0.05) is 35.9 Å². The minimum atomic E-state index is 0.691. The van der Waals surface area contributed by atoms with E-state index in [1.54, 1.807) is 6.20 Å². The second-order valence-electron chi connectivity index (χ2n) is 5.43. The highest BCUT2D eigenvalue weighted by Crippen LogP contribution is 2.36. The fourth-order valence-electron chi connectivity index (χ4n) is 2.82. The molecular weight excluding hydrogens is 258 g/mol. The fraction of sp³-hybridized carbons (Fsp3) is 0.167. The Morgan fingerprint density at radius 1 is 1.05 bits per heavy atom. The van der Waals surface area contributed by atoms with Gasteiger partial charge >= 0.3 is 0 Å². The minimum absolute atomic E-state index is 0.691. The van der Waals surface area contributed by atoms with Crippen molar-refractivity contribution in [1.82, 2.24) is 4.98 Å². The largest absolute Gasteiger partial charge is 0.396 e. The molecule has 0 radical (unpaired) electrons. The average Bonchev–Trinajstić information content (AvgIpc) is 2.46. The number of nitrogen functional groups attached to an aromatic ring is 1. The Morgan fingerprint density at radius 3 is 2.57 bits per heavy atom. The van der Waals surface area contributed by atoms with Crippen LogP contribution in [0.5, 0.6) is 0 Å². The molecule has 0 aliphatic carbocycles. The highest BCUT2D eigenvalue weighted by Gasteiger charge is 2.14. The summed E-state index contributed by atoms with van der Waals surface area (Å²) in [5, 5.41) is 1.07. The molecule has 0 atom stereocenters. The van der Waals surface area contributed by atoms with E-state index in [4.69, 9.17) is 5.73 Å². The minimum Gasteiger partial charge on any atom is -0.396 e. The Kier molecular flexibility index (Phi) is 3.26. The number of aromatic nitrogens is 1. The standard InChI is InChI=1S/C18H19N3/c1-12-8-9-17(13(2)10-12)21(3)18-14-6-4-5-7-16(14)20-11-15(18)19/h4-11H,19H2,1-3H3. The number of para-hydroxylation sites is 1. The summed E-state index contributed by atoms with van der Waals surface area (Å²) in [6, 6.07) is 14.5. The number of hydrogen-bond acceptors (Lipinski definition) is 3. The Hall–Kier alpha value is -2.55. The molecule has 21 heavy (non-hydrogen) atoms. The van der Waals surface area contributed by atoms with E-state index in [0.717, 1.165) is 22.3 Å². The van der Waals surface area contributed by atoms with Crippen LogP contribution in [0.3, 0.4) is 0 Å². The van der Waals surface area contributed by atoms with Crippen molar-refractivity contribution in [3.8, 4) is 0 Å². The lowest BCUT2D eigenvalue weighted by molar-refractivity contribution is 1.18. The fourth-order valence-corrected chi connectivity index (χ4v) is 2.82. The summed E-state index contributed by atoms with van der Waals surface area (Å²) in [5.41, 5.74) is 12.5. The summed E-state index contributed by atoms with van der Waals surface area (Å²) in [6.45, 7) is 4.23. The molecule has 0 unspecified atom stereocenters. The van der Waals surface area contributed by atoms with Crippen molar-refractivity contribution in [2.45, 2.75) is 13.8 Å². The van der Waals surface area contributed by atoms with Gasteiger partial charge in [-0.25, -0.2) is 0 Å². The van der Waals surface area contributed by atoms with Crippen LogP contribution >= 0.6 is 0 Å². The number of rotatable bonds is 2. The van der Waals surface area contributed by atoms with E-state index in [1.807, 2.05) is 18.2 Å². The van der Waals surface area contributed by atoms with Crippen LogP contribution in [0.15, 0.2) is 48.7 Å². The molecular formula is C18H19N3. The van der Waals surface area contributed by atoms with Gasteiger partial charge in [0.15, 0.2) is 0 Å². The number of hydrogen-bond donors (Lipinski definition) is 1. The zero-order valence-corrected chi connectivity index (χ0v) is 12.6. The summed E-state index contributed by atoms with van der Waals surface area (Å²) in [7, 11) is 2.05. The van der Waals surface area contributed by atoms with E-state index < -0.39 is 0 Å². The normalized spacial score (nSPS) is 10.8. The van der Waals surface area contributed by atoms with Gasteiger partial charge in [0.1, 0.15) is 0 Å². The third kappa shape index (κ3) is 2.31. The summed E-state index contributed by atoms with van der Waals surface area (Å²) in [6.07, 6.45) is 1.73. The zero-order chi connectivity index (χ0) is 15.0. The van der Waals surface area contributed by atoms with E-state index in [2.05, 4.69) is 55.0 Å². The molecule has 0 bridgehead atoms. The van der Waals surface area contributed by atoms with E-state index >= 15 is 0 Å². The van der Waals surface area contributed by atoms with Crippen LogP contribution in [-0.4, -0.2) is 12.0 Å². The van der Waals surface area contributed by atoms with Crippen LogP contribution in [0.4, 0.5) is 17.1 Å². The van der Waals surface area contributed by atoms with Crippen LogP contribution in [0.2, 0.25) is 0 Å². The van der Waals surface area contributed by atoms with E-state index in [0.29, 0.717) is 5.69 Å². The topological polar surface area (TPSA) is 42.1 Å². The summed E-state index contributed by atoms with van der Waals surface area (Å²) in [4.78, 5) is 6.55. The van der Waals surface area contributed by atoms with Crippen molar-refractivity contribution in [3.05, 3.63) is 59.8 Å². The van der Waals surface area contributed by atoms with Crippen molar-refractivity contribution in [3.63, 3.8) is 0 Å². The first-order valence-corrected chi connectivity index (χ1v) is 7.02. The van der Waals surface area contributed by atoms with Crippen molar-refractivity contribution < 1.29 is 0 Å². The highest BCUT2D eigenvalue weighted by atomic mass is 15.1. The number of nitrogens with two attached hydrogens (primary N) is 1. The number of benzene rings is 2. The van der Waals surface area contributed by atoms with Gasteiger partial charge in [0.25, 0.3) is 0 Å². The van der Waals surface area contributed by atoms with Gasteiger partial charge in [-0.3, -0.25) is 4.98 Å². The maximum atomic E-state index is 6.20. The molecule has 0 amide bonds. The zero-order valence-electron chi connectivity index (χ0n) is 12.6. The molecule has 3 heteroatoms. The van der Waals surface area contributed by atoms with Crippen molar-refractivity contribution >= 4 is 28.0 Å². The molecule has 0 saturated heterocycles. The molecule has 0 aliphatic heterocycles. The third-order valence-electron chi connectivity index (χ3n) is 3.82. The molecule has 2 N–H and O–H groups in total. The summed E-state index contributed by atoms with van der Waals surface area (Å²) >= 11 is 0. The third-order valence-corrected chi connectivity index (χ3v) is 3.82. The first-order chi connectivity index (χ1) is 10.1. The number of pyridine rings is 1. The van der Waals surface area contributed by atoms with Crippen LogP contribution in [-0.2, 0) is 0 Å². The Labute approximate surface area is 125 Å². The van der Waals surface area contributed by atoms with E-state index in [9.17, 15) is 0 Å². The van der Waals surface area contributed by atoms with Gasteiger partial charge in [-0.15, -0.1) is 0 Å². The first kappa shape index (κ1) is 13.4. The van der Waals surface area contributed by atoms with Crippen molar-refractivity contribution in [2.75, 3.05) is 17.7 Å². The van der Waals surface area contributed by atoms with E-state index in [1.165, 1.54) is 11.1 Å². The smallest absolute Gasteiger partial charge is 0.0753 e. The Morgan fingerprint density at radius 2 is 1.81 bits per heavy atom. The first-order valence-electron chi connectivity index (χ1n) is 7.02. The molecule has 0 saturated carbocycles. The molecule has 0 fully saturated rings. The van der Waals surface area contributed by atoms with Crippen LogP contribution in [0.1, 0.15) is 11.1 Å². The molecule has 3 aromatic rings. The highest BCUT2D eigenvalue weighted by molar-refractivity contribution is 5.99. The van der Waals surface area contributed by atoms with Gasteiger partial charge in [-0.2, -0.15) is 0 Å². The lowest BCUT2D eigenvalue weighted by Crippen LogP contribution is -2.13. The maximum Gasteiger partial charge on any atom is 0.0753 e. The predicted molar refractivity (Wildman–Crippen MR) is 90.1 cm³/mol. The predicted octanol–water partition coefficient (Wildman–Crippen LogP) is 4.20. The van der Waals surface area contributed by atoms with E-state index in [-0.39, 0.29) is 0 Å². The molecule has 3 rings (SSSR count). The van der Waals surface area contributed by atoms with Gasteiger partial charge in [-0.05, 0) is 31.5 Å².